The van der Waals surface area contributed by atoms with Gasteiger partial charge in [-0.3, -0.25) is 39.2 Å². The van der Waals surface area contributed by atoms with Crippen LogP contribution in [0.3, 0.4) is 0 Å². The lowest BCUT2D eigenvalue weighted by atomic mass is 9.82. The minimum atomic E-state index is -1.71. The van der Waals surface area contributed by atoms with Crippen LogP contribution in [0.4, 0.5) is 19.2 Å². The lowest BCUT2D eigenvalue weighted by Crippen LogP contribution is -2.65. The molecule has 0 radical (unpaired) electrons. The molecule has 43 heavy (non-hydrogen) atoms. The molecule has 4 aliphatic heterocycles. The van der Waals surface area contributed by atoms with Crippen LogP contribution in [-0.2, 0) is 0 Å². The molecule has 2 atom stereocenters. The molecule has 4 saturated heterocycles. The van der Waals surface area contributed by atoms with E-state index in [1.165, 1.54) is 0 Å². The fraction of sp³-hybridized carbons (Fsp3) is 0.826. The number of carbonyl (C=O) groups is 4. The molecule has 4 fully saturated rings. The van der Waals surface area contributed by atoms with Gasteiger partial charge in [-0.05, 0) is 12.8 Å². The van der Waals surface area contributed by atoms with E-state index in [-0.39, 0.29) is 19.3 Å². The highest BCUT2D eigenvalue weighted by Crippen LogP contribution is 2.51. The first-order valence-electron chi connectivity index (χ1n) is 13.7. The number of carbonyl (C=O) groups excluding carboxylic acids is 4. The van der Waals surface area contributed by atoms with Gasteiger partial charge in [0.1, 0.15) is 53.8 Å². The van der Waals surface area contributed by atoms with E-state index in [0.717, 1.165) is 39.2 Å². The summed E-state index contributed by atoms with van der Waals surface area (Å²) >= 11 is 0. The highest BCUT2D eigenvalue weighted by molar-refractivity contribution is 5.87. The van der Waals surface area contributed by atoms with Crippen molar-refractivity contribution in [1.29, 1.82) is 0 Å². The number of aliphatic hydroxyl groups excluding tert-OH is 8. The topological polar surface area (TPSA) is 256 Å². The molecule has 8 N–H and O–H groups in total. The number of amides is 8. The molecule has 0 aromatic rings. The van der Waals surface area contributed by atoms with E-state index in [9.17, 15) is 60.0 Å². The van der Waals surface area contributed by atoms with E-state index in [2.05, 4.69) is 0 Å². The minimum Gasteiger partial charge on any atom is -0.376 e. The molecule has 244 valence electrons. The predicted octanol–water partition coefficient (Wildman–Crippen LogP) is -3.98. The second-order valence-electron chi connectivity index (χ2n) is 10.9. The van der Waals surface area contributed by atoms with Gasteiger partial charge in [-0.2, -0.15) is 0 Å². The van der Waals surface area contributed by atoms with E-state index in [1.807, 2.05) is 0 Å². The number of nitrogens with zero attached hydrogens (tertiary/aromatic N) is 8. The van der Waals surface area contributed by atoms with Crippen molar-refractivity contribution in [2.24, 2.45) is 11.8 Å². The Morgan fingerprint density at radius 3 is 0.907 bits per heavy atom. The van der Waals surface area contributed by atoms with E-state index >= 15 is 0 Å². The van der Waals surface area contributed by atoms with Gasteiger partial charge in [0.05, 0.1) is 0 Å². The van der Waals surface area contributed by atoms with Gasteiger partial charge in [0, 0.05) is 11.8 Å². The van der Waals surface area contributed by atoms with E-state index in [1.54, 1.807) is 13.8 Å². The Morgan fingerprint density at radius 2 is 0.721 bits per heavy atom. The molecule has 0 spiro atoms. The zero-order valence-corrected chi connectivity index (χ0v) is 23.9. The summed E-state index contributed by atoms with van der Waals surface area (Å²) in [6, 6.07) is -3.33. The number of hydrogen-bond donors (Lipinski definition) is 8. The molecule has 2 unspecified atom stereocenters. The van der Waals surface area contributed by atoms with E-state index in [4.69, 9.17) is 0 Å². The zero-order valence-electron chi connectivity index (χ0n) is 23.9. The van der Waals surface area contributed by atoms with Crippen LogP contribution < -0.4 is 0 Å². The summed E-state index contributed by atoms with van der Waals surface area (Å²) in [6.07, 6.45) is -1.89. The average Bonchev–Trinajstić information content (AvgIpc) is 3.58. The number of rotatable bonds is 14. The lowest BCUT2D eigenvalue weighted by Gasteiger charge is -2.46. The fourth-order valence-electron chi connectivity index (χ4n) is 7.73. The smallest absolute Gasteiger partial charge is 0.327 e. The van der Waals surface area contributed by atoms with Gasteiger partial charge in [0.2, 0.25) is 0 Å². The summed E-state index contributed by atoms with van der Waals surface area (Å²) in [5, 5.41) is 80.8. The summed E-state index contributed by atoms with van der Waals surface area (Å²) in [7, 11) is 0. The molecule has 20 nitrogen and oxygen atoms in total. The van der Waals surface area contributed by atoms with Crippen LogP contribution in [0.1, 0.15) is 33.1 Å². The Labute approximate surface area is 246 Å². The fourth-order valence-corrected chi connectivity index (χ4v) is 7.73. The van der Waals surface area contributed by atoms with Crippen molar-refractivity contribution >= 4 is 24.1 Å². The zero-order chi connectivity index (χ0) is 32.0. The second-order valence-corrected chi connectivity index (χ2v) is 10.9. The van der Waals surface area contributed by atoms with Gasteiger partial charge < -0.3 is 40.9 Å². The second kappa shape index (κ2) is 12.0. The Kier molecular flexibility index (Phi) is 9.14. The van der Waals surface area contributed by atoms with Crippen molar-refractivity contribution in [2.45, 2.75) is 56.8 Å². The van der Waals surface area contributed by atoms with E-state index < -0.39 is 113 Å². The predicted molar refractivity (Wildman–Crippen MR) is 138 cm³/mol. The summed E-state index contributed by atoms with van der Waals surface area (Å²) in [5.74, 6) is -1.42. The lowest BCUT2D eigenvalue weighted by molar-refractivity contribution is -0.102. The van der Waals surface area contributed by atoms with E-state index in [0.29, 0.717) is 0 Å². The third-order valence-corrected chi connectivity index (χ3v) is 9.48. The first-order valence-corrected chi connectivity index (χ1v) is 13.7. The van der Waals surface area contributed by atoms with Crippen LogP contribution in [0.15, 0.2) is 0 Å². The third-order valence-electron chi connectivity index (χ3n) is 9.48. The summed E-state index contributed by atoms with van der Waals surface area (Å²) in [5.41, 5.74) is -3.43. The standard InChI is InChI=1S/C23H40N8O12/c1-14(22-16(24(6-32)18(40)28(22)10-36)25(7-33)19(41)29(22)11-37)4-3-5-15(2)23-17(26(8-34)20(42)30(23)12-38)27(9-35)21(43)31(23)13-39/h14-17,32-39H,3-13H2,1-2H3. The Morgan fingerprint density at radius 1 is 0.488 bits per heavy atom. The van der Waals surface area contributed by atoms with Crippen LogP contribution in [0.25, 0.3) is 0 Å². The Hall–Kier alpha value is -3.24. The van der Waals surface area contributed by atoms with Gasteiger partial charge in [-0.15, -0.1) is 0 Å². The van der Waals surface area contributed by atoms with Crippen LogP contribution in [0, 0.1) is 11.8 Å². The highest BCUT2D eigenvalue weighted by atomic mass is 16.3. The average molecular weight is 621 g/mol. The quantitative estimate of drug-likeness (QED) is 0.0925. The van der Waals surface area contributed by atoms with Crippen molar-refractivity contribution in [3.8, 4) is 0 Å². The molecule has 4 heterocycles. The number of urea groups is 4. The number of hydrogen-bond acceptors (Lipinski definition) is 12. The highest BCUT2D eigenvalue weighted by Gasteiger charge is 2.72. The first kappa shape index (κ1) is 32.7. The van der Waals surface area contributed by atoms with Gasteiger partial charge >= 0.3 is 24.1 Å². The van der Waals surface area contributed by atoms with Gasteiger partial charge in [-0.1, -0.05) is 20.3 Å². The minimum absolute atomic E-state index is 0.196. The van der Waals surface area contributed by atoms with Gasteiger partial charge in [0.15, 0.2) is 23.7 Å². The van der Waals surface area contributed by atoms with Crippen molar-refractivity contribution in [3.63, 3.8) is 0 Å². The van der Waals surface area contributed by atoms with Crippen molar-refractivity contribution in [2.75, 3.05) is 53.8 Å². The summed E-state index contributed by atoms with van der Waals surface area (Å²) in [6.45, 7) is -3.60. The molecule has 4 aliphatic rings. The molecular weight excluding hydrogens is 580 g/mol. The Bertz CT molecular complexity index is 955. The maximum absolute atomic E-state index is 13.2. The maximum Gasteiger partial charge on any atom is 0.327 e. The number of fused-ring (bicyclic) bond motifs is 2. The molecule has 0 aromatic carbocycles. The van der Waals surface area contributed by atoms with Crippen LogP contribution in [-0.4, -0.2) is 182 Å². The van der Waals surface area contributed by atoms with Crippen molar-refractivity contribution < 1.29 is 60.0 Å². The summed E-state index contributed by atoms with van der Waals surface area (Å²) in [4.78, 5) is 59.9. The Balaban J connectivity index is 1.67. The van der Waals surface area contributed by atoms with Crippen LogP contribution in [0.5, 0.6) is 0 Å². The largest absolute Gasteiger partial charge is 0.376 e. The molecule has 0 saturated carbocycles. The SMILES string of the molecule is CC(CCCC(C)C12C(N(CO)C(=O)N1CO)N(CO)C(=O)N2CO)C12C(N(CO)C(=O)N1CO)N(CO)C(=O)N2CO. The van der Waals surface area contributed by atoms with Gasteiger partial charge in [-0.25, -0.2) is 19.2 Å². The monoisotopic (exact) mass is 620 g/mol. The summed E-state index contributed by atoms with van der Waals surface area (Å²) < 4.78 is 0. The third kappa shape index (κ3) is 3.98. The molecule has 0 aromatic heterocycles. The first-order chi connectivity index (χ1) is 20.5. The molecule has 0 aliphatic carbocycles. The molecule has 8 amide bonds. The van der Waals surface area contributed by atoms with Crippen LogP contribution in [0.2, 0.25) is 0 Å². The normalized spacial score (nSPS) is 30.5. The number of aliphatic hydroxyl groups is 8. The van der Waals surface area contributed by atoms with Crippen molar-refractivity contribution in [3.05, 3.63) is 0 Å². The molecule has 4 rings (SSSR count). The maximum atomic E-state index is 13.2. The van der Waals surface area contributed by atoms with Crippen LogP contribution >= 0.6 is 0 Å². The molecular formula is C23H40N8O12. The molecule has 20 heteroatoms. The van der Waals surface area contributed by atoms with Crippen molar-refractivity contribution in [1.82, 2.24) is 39.2 Å². The molecule has 0 bridgehead atoms. The van der Waals surface area contributed by atoms with Gasteiger partial charge in [0.25, 0.3) is 0 Å².